The Morgan fingerprint density at radius 2 is 1.73 bits per heavy atom. The van der Waals surface area contributed by atoms with E-state index in [1.807, 2.05) is 24.3 Å². The maximum atomic E-state index is 6.46. The Labute approximate surface area is 231 Å². The van der Waals surface area contributed by atoms with E-state index in [1.54, 1.807) is 0 Å². The molecule has 1 aliphatic heterocycles. The lowest BCUT2D eigenvalue weighted by Gasteiger charge is -2.60. The molecule has 1 aromatic rings. The Hall–Kier alpha value is -0.970. The summed E-state index contributed by atoms with van der Waals surface area (Å²) in [7, 11) is 0. The summed E-state index contributed by atoms with van der Waals surface area (Å²) in [5.74, 6) is 13.2. The second kappa shape index (κ2) is 9.59. The molecule has 1 nitrogen and oxygen atoms in total. The van der Waals surface area contributed by atoms with E-state index in [-0.39, 0.29) is 5.60 Å². The fraction of sp³-hybridized carbons (Fsp3) is 0.771. The van der Waals surface area contributed by atoms with Crippen LogP contribution in [0.2, 0.25) is 5.02 Å². The molecule has 5 aliphatic rings. The van der Waals surface area contributed by atoms with Gasteiger partial charge in [0.2, 0.25) is 0 Å². The molecule has 1 heterocycles. The fourth-order valence-electron chi connectivity index (χ4n) is 10.5. The molecule has 0 spiro atoms. The van der Waals surface area contributed by atoms with E-state index in [2.05, 4.69) is 46.5 Å². The highest BCUT2D eigenvalue weighted by Gasteiger charge is 2.68. The topological polar surface area (TPSA) is 12.5 Å². The molecule has 0 radical (unpaired) electrons. The van der Waals surface area contributed by atoms with Crippen molar-refractivity contribution in [1.82, 2.24) is 0 Å². The van der Waals surface area contributed by atoms with Crippen molar-refractivity contribution in [3.8, 4) is 11.8 Å². The van der Waals surface area contributed by atoms with E-state index in [4.69, 9.17) is 16.3 Å². The molecule has 6 rings (SSSR count). The Morgan fingerprint density at radius 3 is 2.51 bits per heavy atom. The largest absolute Gasteiger partial charge is 0.352 e. The van der Waals surface area contributed by atoms with Crippen LogP contribution in [-0.4, -0.2) is 11.7 Å². The summed E-state index contributed by atoms with van der Waals surface area (Å²) < 4.78 is 6.46. The van der Waals surface area contributed by atoms with Gasteiger partial charge in [0.15, 0.2) is 5.60 Å². The Bertz CT molecular complexity index is 1070. The lowest BCUT2D eigenvalue weighted by atomic mass is 9.44. The van der Waals surface area contributed by atoms with Gasteiger partial charge in [-0.15, -0.1) is 0 Å². The zero-order valence-corrected chi connectivity index (χ0v) is 24.7. The molecule has 37 heavy (non-hydrogen) atoms. The molecule has 0 unspecified atom stereocenters. The smallest absolute Gasteiger partial charge is 0.155 e. The average molecular weight is 521 g/mol. The van der Waals surface area contributed by atoms with Crippen molar-refractivity contribution >= 4 is 11.6 Å². The number of fused-ring (bicyclic) bond motifs is 6. The molecule has 2 heteroatoms. The van der Waals surface area contributed by atoms with Crippen LogP contribution in [0.5, 0.6) is 0 Å². The number of hydrogen-bond acceptors (Lipinski definition) is 1. The summed E-state index contributed by atoms with van der Waals surface area (Å²) in [6, 6.07) is 7.96. The van der Waals surface area contributed by atoms with Crippen LogP contribution in [0.4, 0.5) is 0 Å². The first-order valence-electron chi connectivity index (χ1n) is 15.6. The fourth-order valence-corrected chi connectivity index (χ4v) is 10.7. The molecular formula is C35H49ClO. The summed E-state index contributed by atoms with van der Waals surface area (Å²) in [5, 5.41) is 0.749. The minimum Gasteiger partial charge on any atom is -0.352 e. The second-order valence-electron chi connectivity index (χ2n) is 14.8. The average Bonchev–Trinajstić information content (AvgIpc) is 3.41. The predicted molar refractivity (Wildman–Crippen MR) is 154 cm³/mol. The van der Waals surface area contributed by atoms with Gasteiger partial charge in [-0.25, -0.2) is 0 Å². The first kappa shape index (κ1) is 26.3. The van der Waals surface area contributed by atoms with Gasteiger partial charge < -0.3 is 4.74 Å². The second-order valence-corrected chi connectivity index (χ2v) is 15.2. The Morgan fingerprint density at radius 1 is 0.946 bits per heavy atom. The molecule has 0 N–H and O–H groups in total. The number of benzene rings is 1. The van der Waals surface area contributed by atoms with Crippen molar-refractivity contribution in [1.29, 1.82) is 0 Å². The third-order valence-electron chi connectivity index (χ3n) is 12.5. The van der Waals surface area contributed by atoms with E-state index >= 15 is 0 Å². The lowest BCUT2D eigenvalue weighted by molar-refractivity contribution is -0.112. The van der Waals surface area contributed by atoms with Gasteiger partial charge in [-0.3, -0.25) is 0 Å². The van der Waals surface area contributed by atoms with Crippen LogP contribution < -0.4 is 0 Å². The minimum atomic E-state index is -0.205. The van der Waals surface area contributed by atoms with Crippen LogP contribution in [0, 0.1) is 64.1 Å². The standard InChI is InChI=1S/C35H49ClO/c1-23(2)9-8-10-24(3)28-15-16-29-27-14-13-26-21-35(20-17-25-11-6-7-12-31(25)36)32(37-35)22-34(26,5)30(27)18-19-33(28,29)4/h6-7,11-12,23-24,26-30,32H,8-10,13-16,18-19,21-22H2,1-5H3/t24-,26+,27-,28-,29+,30-,32+,33+,34-,35-/m0/s1. The van der Waals surface area contributed by atoms with Gasteiger partial charge in [-0.05, 0) is 116 Å². The molecule has 10 atom stereocenters. The number of epoxide rings is 1. The van der Waals surface area contributed by atoms with Gasteiger partial charge >= 0.3 is 0 Å². The van der Waals surface area contributed by atoms with Crippen LogP contribution in [0.1, 0.15) is 111 Å². The van der Waals surface area contributed by atoms with Crippen molar-refractivity contribution in [2.24, 2.45) is 52.3 Å². The zero-order chi connectivity index (χ0) is 26.0. The number of rotatable bonds is 5. The van der Waals surface area contributed by atoms with Crippen LogP contribution in [0.15, 0.2) is 24.3 Å². The third kappa shape index (κ3) is 4.42. The minimum absolute atomic E-state index is 0.205. The van der Waals surface area contributed by atoms with Gasteiger partial charge in [0.25, 0.3) is 0 Å². The van der Waals surface area contributed by atoms with E-state index in [9.17, 15) is 0 Å². The summed E-state index contributed by atoms with van der Waals surface area (Å²) in [6.45, 7) is 12.7. The highest BCUT2D eigenvalue weighted by atomic mass is 35.5. The molecule has 4 aliphatic carbocycles. The Balaban J connectivity index is 1.15. The highest BCUT2D eigenvalue weighted by Crippen LogP contribution is 2.71. The predicted octanol–water partition coefficient (Wildman–Crippen LogP) is 9.56. The number of ether oxygens (including phenoxy) is 1. The molecule has 202 valence electrons. The summed E-state index contributed by atoms with van der Waals surface area (Å²) in [4.78, 5) is 0. The first-order chi connectivity index (χ1) is 17.7. The van der Waals surface area contributed by atoms with Crippen LogP contribution in [0.3, 0.4) is 0 Å². The maximum absolute atomic E-state index is 6.46. The van der Waals surface area contributed by atoms with E-state index in [1.165, 1.54) is 64.2 Å². The lowest BCUT2D eigenvalue weighted by Crippen LogP contribution is -2.54. The van der Waals surface area contributed by atoms with Crippen molar-refractivity contribution in [2.45, 2.75) is 117 Å². The molecule has 0 bridgehead atoms. The Kier molecular flexibility index (Phi) is 6.81. The van der Waals surface area contributed by atoms with Gasteiger partial charge in [0.1, 0.15) is 6.10 Å². The monoisotopic (exact) mass is 520 g/mol. The van der Waals surface area contributed by atoms with Gasteiger partial charge in [0, 0.05) is 5.56 Å². The van der Waals surface area contributed by atoms with Gasteiger partial charge in [-0.2, -0.15) is 0 Å². The van der Waals surface area contributed by atoms with Crippen LogP contribution in [-0.2, 0) is 4.74 Å². The SMILES string of the molecule is CC(C)CCC[C@H](C)[C@@H]1CC[C@@H]2[C@@H]3CC[C@@H]4C[C@]5(C#Cc6ccccc6Cl)O[C@@H]5C[C@]4(C)[C@H]3CC[C@@]21C. The summed E-state index contributed by atoms with van der Waals surface area (Å²) in [5.41, 5.74) is 1.74. The van der Waals surface area contributed by atoms with Gasteiger partial charge in [-0.1, -0.05) is 89.5 Å². The molecule has 0 amide bonds. The maximum Gasteiger partial charge on any atom is 0.155 e. The van der Waals surface area contributed by atoms with Crippen LogP contribution in [0.25, 0.3) is 0 Å². The number of halogens is 1. The number of hydrogen-bond donors (Lipinski definition) is 0. The zero-order valence-electron chi connectivity index (χ0n) is 24.0. The van der Waals surface area contributed by atoms with Crippen molar-refractivity contribution < 1.29 is 4.74 Å². The van der Waals surface area contributed by atoms with Crippen LogP contribution >= 0.6 is 11.6 Å². The van der Waals surface area contributed by atoms with Crippen molar-refractivity contribution in [3.05, 3.63) is 34.9 Å². The summed E-state index contributed by atoms with van der Waals surface area (Å²) in [6.07, 6.45) is 15.6. The third-order valence-corrected chi connectivity index (χ3v) is 12.9. The molecule has 1 aromatic carbocycles. The molecular weight excluding hydrogens is 472 g/mol. The quantitative estimate of drug-likeness (QED) is 0.278. The molecule has 5 fully saturated rings. The van der Waals surface area contributed by atoms with Gasteiger partial charge in [0.05, 0.1) is 5.02 Å². The summed E-state index contributed by atoms with van der Waals surface area (Å²) >= 11 is 6.39. The first-order valence-corrected chi connectivity index (χ1v) is 16.0. The van der Waals surface area contributed by atoms with E-state index in [0.29, 0.717) is 16.9 Å². The molecule has 1 saturated heterocycles. The molecule has 0 aromatic heterocycles. The van der Waals surface area contributed by atoms with Crippen molar-refractivity contribution in [2.75, 3.05) is 0 Å². The van der Waals surface area contributed by atoms with E-state index < -0.39 is 0 Å². The van der Waals surface area contributed by atoms with Crippen molar-refractivity contribution in [3.63, 3.8) is 0 Å². The molecule has 4 saturated carbocycles. The normalized spacial score (nSPS) is 44.6. The van der Waals surface area contributed by atoms with E-state index in [0.717, 1.165) is 58.4 Å². The highest BCUT2D eigenvalue weighted by molar-refractivity contribution is 6.31.